The number of nitrogens with zero attached hydrogens (tertiary/aromatic N) is 4. The van der Waals surface area contributed by atoms with Gasteiger partial charge in [0.15, 0.2) is 22.7 Å². The van der Waals surface area contributed by atoms with Crippen molar-refractivity contribution in [3.05, 3.63) is 36.0 Å². The monoisotopic (exact) mass is 281 g/mol. The van der Waals surface area contributed by atoms with E-state index < -0.39 is 5.91 Å². The summed E-state index contributed by atoms with van der Waals surface area (Å²) >= 11 is 0. The van der Waals surface area contributed by atoms with E-state index >= 15 is 0 Å². The summed E-state index contributed by atoms with van der Waals surface area (Å²) in [6.07, 6.45) is 0. The van der Waals surface area contributed by atoms with Gasteiger partial charge in [-0.25, -0.2) is 9.97 Å². The number of benzene rings is 1. The van der Waals surface area contributed by atoms with Crippen LogP contribution in [0, 0.1) is 0 Å². The fourth-order valence-electron chi connectivity index (χ4n) is 1.96. The summed E-state index contributed by atoms with van der Waals surface area (Å²) in [5.41, 5.74) is 18.1. The Morgan fingerprint density at radius 3 is 2.33 bits per heavy atom. The second-order valence-electron chi connectivity index (χ2n) is 4.29. The second kappa shape index (κ2) is 4.67. The molecule has 0 aliphatic carbocycles. The summed E-state index contributed by atoms with van der Waals surface area (Å²) in [6.45, 7) is 0. The number of hydrogen-bond acceptors (Lipinski definition) is 7. The quantitative estimate of drug-likeness (QED) is 0.613. The van der Waals surface area contributed by atoms with E-state index in [-0.39, 0.29) is 28.6 Å². The van der Waals surface area contributed by atoms with Gasteiger partial charge in [0.2, 0.25) is 5.95 Å². The molecule has 3 rings (SSSR count). The minimum Gasteiger partial charge on any atom is -0.382 e. The van der Waals surface area contributed by atoms with Crippen LogP contribution in [0.1, 0.15) is 10.5 Å². The van der Waals surface area contributed by atoms with Crippen LogP contribution in [-0.4, -0.2) is 25.8 Å². The van der Waals surface area contributed by atoms with E-state index in [0.717, 1.165) is 0 Å². The number of anilines is 2. The Balaban J connectivity index is 2.37. The minimum atomic E-state index is -0.709. The molecule has 1 amide bonds. The van der Waals surface area contributed by atoms with Gasteiger partial charge in [-0.15, -0.1) is 0 Å². The van der Waals surface area contributed by atoms with Gasteiger partial charge in [0, 0.05) is 5.56 Å². The zero-order valence-electron chi connectivity index (χ0n) is 10.8. The number of aromatic nitrogens is 4. The summed E-state index contributed by atoms with van der Waals surface area (Å²) < 4.78 is 0. The van der Waals surface area contributed by atoms with E-state index in [1.165, 1.54) is 0 Å². The Morgan fingerprint density at radius 1 is 0.952 bits per heavy atom. The van der Waals surface area contributed by atoms with Crippen molar-refractivity contribution in [2.24, 2.45) is 5.73 Å². The lowest BCUT2D eigenvalue weighted by molar-refractivity contribution is 0.0996. The number of primary amides is 1. The normalized spacial score (nSPS) is 10.7. The van der Waals surface area contributed by atoms with Gasteiger partial charge in [-0.1, -0.05) is 30.3 Å². The van der Waals surface area contributed by atoms with Gasteiger partial charge >= 0.3 is 0 Å². The van der Waals surface area contributed by atoms with Crippen LogP contribution in [-0.2, 0) is 0 Å². The van der Waals surface area contributed by atoms with E-state index in [2.05, 4.69) is 19.9 Å². The van der Waals surface area contributed by atoms with Gasteiger partial charge < -0.3 is 17.2 Å². The maximum Gasteiger partial charge on any atom is 0.269 e. The second-order valence-corrected chi connectivity index (χ2v) is 4.29. The predicted octanol–water partition coefficient (Wildman–Crippen LogP) is 0.350. The topological polar surface area (TPSA) is 147 Å². The fourth-order valence-corrected chi connectivity index (χ4v) is 1.96. The highest BCUT2D eigenvalue weighted by atomic mass is 16.1. The molecule has 0 spiro atoms. The van der Waals surface area contributed by atoms with Gasteiger partial charge in [-0.05, 0) is 0 Å². The largest absolute Gasteiger partial charge is 0.382 e. The first kappa shape index (κ1) is 12.7. The third kappa shape index (κ3) is 2.18. The Hall–Kier alpha value is -3.29. The third-order valence-corrected chi connectivity index (χ3v) is 2.86. The molecular weight excluding hydrogens is 270 g/mol. The van der Waals surface area contributed by atoms with Crippen molar-refractivity contribution in [3.63, 3.8) is 0 Å². The zero-order chi connectivity index (χ0) is 15.0. The van der Waals surface area contributed by atoms with Crippen molar-refractivity contribution in [2.45, 2.75) is 0 Å². The first-order valence-electron chi connectivity index (χ1n) is 6.02. The first-order valence-corrected chi connectivity index (χ1v) is 6.02. The highest BCUT2D eigenvalue weighted by Crippen LogP contribution is 2.24. The molecule has 8 heteroatoms. The number of carbonyl (C=O) groups is 1. The highest BCUT2D eigenvalue weighted by molar-refractivity contribution is 5.99. The molecule has 2 heterocycles. The molecule has 0 saturated heterocycles. The lowest BCUT2D eigenvalue weighted by Gasteiger charge is -2.08. The molecule has 104 valence electrons. The SMILES string of the molecule is NC(=O)c1nc2c(N)nc(N)nc2nc1-c1ccccc1. The summed E-state index contributed by atoms with van der Waals surface area (Å²) in [5.74, 6) is -0.674. The average Bonchev–Trinajstić information content (AvgIpc) is 2.46. The van der Waals surface area contributed by atoms with E-state index in [9.17, 15) is 4.79 Å². The van der Waals surface area contributed by atoms with E-state index in [1.54, 1.807) is 12.1 Å². The molecule has 0 atom stereocenters. The van der Waals surface area contributed by atoms with Crippen LogP contribution in [0.25, 0.3) is 22.4 Å². The van der Waals surface area contributed by atoms with Crippen LogP contribution in [0.15, 0.2) is 30.3 Å². The number of fused-ring (bicyclic) bond motifs is 1. The Morgan fingerprint density at radius 2 is 1.67 bits per heavy atom. The average molecular weight is 281 g/mol. The molecule has 0 radical (unpaired) electrons. The van der Waals surface area contributed by atoms with Crippen molar-refractivity contribution in [1.29, 1.82) is 0 Å². The van der Waals surface area contributed by atoms with Crippen molar-refractivity contribution in [1.82, 2.24) is 19.9 Å². The molecule has 0 saturated carbocycles. The van der Waals surface area contributed by atoms with Crippen molar-refractivity contribution < 1.29 is 4.79 Å². The van der Waals surface area contributed by atoms with Crippen LogP contribution in [0.5, 0.6) is 0 Å². The Labute approximate surface area is 119 Å². The summed E-state index contributed by atoms with van der Waals surface area (Å²) in [4.78, 5) is 27.9. The lowest BCUT2D eigenvalue weighted by atomic mass is 10.1. The number of carbonyl (C=O) groups excluding carboxylic acids is 1. The maximum atomic E-state index is 11.6. The highest BCUT2D eigenvalue weighted by Gasteiger charge is 2.18. The fraction of sp³-hybridized carbons (Fsp3) is 0. The van der Waals surface area contributed by atoms with Gasteiger partial charge in [0.1, 0.15) is 5.69 Å². The third-order valence-electron chi connectivity index (χ3n) is 2.86. The molecule has 1 aromatic carbocycles. The maximum absolute atomic E-state index is 11.6. The van der Waals surface area contributed by atoms with E-state index in [4.69, 9.17) is 17.2 Å². The van der Waals surface area contributed by atoms with Crippen molar-refractivity contribution >= 4 is 28.8 Å². The zero-order valence-corrected chi connectivity index (χ0v) is 10.8. The van der Waals surface area contributed by atoms with Crippen molar-refractivity contribution in [2.75, 3.05) is 11.5 Å². The van der Waals surface area contributed by atoms with Gasteiger partial charge in [-0.3, -0.25) is 4.79 Å². The Kier molecular flexibility index (Phi) is 2.83. The molecule has 8 nitrogen and oxygen atoms in total. The number of rotatable bonds is 2. The number of amides is 1. The molecular formula is C13H11N7O. The summed E-state index contributed by atoms with van der Waals surface area (Å²) in [6, 6.07) is 9.05. The Bertz CT molecular complexity index is 848. The molecule has 0 bridgehead atoms. The predicted molar refractivity (Wildman–Crippen MR) is 77.9 cm³/mol. The van der Waals surface area contributed by atoms with E-state index in [1.807, 2.05) is 18.2 Å². The van der Waals surface area contributed by atoms with E-state index in [0.29, 0.717) is 11.3 Å². The molecule has 0 aliphatic rings. The smallest absolute Gasteiger partial charge is 0.269 e. The number of nitrogen functional groups attached to an aromatic ring is 2. The van der Waals surface area contributed by atoms with Crippen molar-refractivity contribution in [3.8, 4) is 11.3 Å². The van der Waals surface area contributed by atoms with Gasteiger partial charge in [-0.2, -0.15) is 9.97 Å². The molecule has 3 aromatic rings. The van der Waals surface area contributed by atoms with Gasteiger partial charge in [0.25, 0.3) is 5.91 Å². The molecule has 0 aliphatic heterocycles. The molecule has 21 heavy (non-hydrogen) atoms. The van der Waals surface area contributed by atoms with Crippen LogP contribution in [0.2, 0.25) is 0 Å². The lowest BCUT2D eigenvalue weighted by Crippen LogP contribution is -2.17. The minimum absolute atomic E-state index is 0.00812. The van der Waals surface area contributed by atoms with Gasteiger partial charge in [0.05, 0.1) is 0 Å². The first-order chi connectivity index (χ1) is 10.1. The van der Waals surface area contributed by atoms with Crippen LogP contribution in [0.4, 0.5) is 11.8 Å². The van der Waals surface area contributed by atoms with Crippen LogP contribution in [0.3, 0.4) is 0 Å². The molecule has 2 aromatic heterocycles. The summed E-state index contributed by atoms with van der Waals surface area (Å²) in [7, 11) is 0. The molecule has 6 N–H and O–H groups in total. The van der Waals surface area contributed by atoms with Crippen LogP contribution < -0.4 is 17.2 Å². The number of nitrogens with two attached hydrogens (primary N) is 3. The standard InChI is InChI=1S/C13H11N7O/c14-10-9-12(20-13(16)19-10)18-7(8(17-9)11(15)21)6-4-2-1-3-5-6/h1-5H,(H2,15,21)(H4,14,16,18,19,20). The van der Waals surface area contributed by atoms with Crippen LogP contribution >= 0.6 is 0 Å². The molecule has 0 fully saturated rings. The molecule has 0 unspecified atom stereocenters. The number of hydrogen-bond donors (Lipinski definition) is 3. The summed E-state index contributed by atoms with van der Waals surface area (Å²) in [5, 5.41) is 0.